The van der Waals surface area contributed by atoms with E-state index in [2.05, 4.69) is 20.8 Å². The summed E-state index contributed by atoms with van der Waals surface area (Å²) >= 11 is 1.25. The van der Waals surface area contributed by atoms with E-state index in [1.165, 1.54) is 11.3 Å². The van der Waals surface area contributed by atoms with E-state index in [0.717, 1.165) is 0 Å². The van der Waals surface area contributed by atoms with E-state index in [0.29, 0.717) is 33.6 Å². The highest BCUT2D eigenvalue weighted by atomic mass is 32.1. The SMILES string of the molecule is COCc1nnc(NC(=O)c2ccc(NC(=O)c3ccccc3)cc2)s1. The maximum absolute atomic E-state index is 12.2. The fourth-order valence-corrected chi connectivity index (χ4v) is 2.86. The van der Waals surface area contributed by atoms with Gasteiger partial charge in [0.15, 0.2) is 0 Å². The molecule has 1 heterocycles. The molecule has 0 saturated carbocycles. The number of anilines is 2. The van der Waals surface area contributed by atoms with Gasteiger partial charge in [0.05, 0.1) is 0 Å². The van der Waals surface area contributed by atoms with E-state index < -0.39 is 0 Å². The Hall–Kier alpha value is -3.10. The smallest absolute Gasteiger partial charge is 0.257 e. The number of carbonyl (C=O) groups is 2. The number of methoxy groups -OCH3 is 1. The van der Waals surface area contributed by atoms with E-state index >= 15 is 0 Å². The highest BCUT2D eigenvalue weighted by Crippen LogP contribution is 2.18. The van der Waals surface area contributed by atoms with Crippen molar-refractivity contribution in [2.45, 2.75) is 6.61 Å². The summed E-state index contributed by atoms with van der Waals surface area (Å²) in [5.74, 6) is -0.506. The van der Waals surface area contributed by atoms with Gasteiger partial charge in [-0.15, -0.1) is 10.2 Å². The monoisotopic (exact) mass is 368 g/mol. The lowest BCUT2D eigenvalue weighted by Gasteiger charge is -2.06. The van der Waals surface area contributed by atoms with Crippen molar-refractivity contribution in [1.29, 1.82) is 0 Å². The minimum atomic E-state index is -0.300. The maximum Gasteiger partial charge on any atom is 0.257 e. The predicted octanol–water partition coefficient (Wildman–Crippen LogP) is 3.19. The highest BCUT2D eigenvalue weighted by Gasteiger charge is 2.11. The number of benzene rings is 2. The van der Waals surface area contributed by atoms with Crippen molar-refractivity contribution in [3.63, 3.8) is 0 Å². The molecule has 3 rings (SSSR count). The standard InChI is InChI=1S/C18H16N4O3S/c1-25-11-15-21-22-18(26-15)20-17(24)13-7-9-14(10-8-13)19-16(23)12-5-3-2-4-6-12/h2-10H,11H2,1H3,(H,19,23)(H,20,22,24). The number of nitrogens with zero attached hydrogens (tertiary/aromatic N) is 2. The lowest BCUT2D eigenvalue weighted by Crippen LogP contribution is -2.13. The van der Waals surface area contributed by atoms with E-state index in [1.54, 1.807) is 55.6 Å². The molecule has 0 atom stereocenters. The van der Waals surface area contributed by atoms with Gasteiger partial charge in [0.2, 0.25) is 5.13 Å². The summed E-state index contributed by atoms with van der Waals surface area (Å²) in [7, 11) is 1.57. The highest BCUT2D eigenvalue weighted by molar-refractivity contribution is 7.15. The Kier molecular flexibility index (Phi) is 5.67. The molecule has 0 aliphatic heterocycles. The van der Waals surface area contributed by atoms with Crippen molar-refractivity contribution >= 4 is 34.0 Å². The Labute approximate surface area is 154 Å². The quantitative estimate of drug-likeness (QED) is 0.697. The molecule has 0 radical (unpaired) electrons. The van der Waals surface area contributed by atoms with Crippen LogP contribution in [0, 0.1) is 0 Å². The van der Waals surface area contributed by atoms with Gasteiger partial charge in [0.25, 0.3) is 11.8 Å². The number of ether oxygens (including phenoxy) is 1. The van der Waals surface area contributed by atoms with Crippen LogP contribution < -0.4 is 10.6 Å². The maximum atomic E-state index is 12.2. The number of nitrogens with one attached hydrogen (secondary N) is 2. The normalized spacial score (nSPS) is 10.3. The van der Waals surface area contributed by atoms with Gasteiger partial charge in [-0.25, -0.2) is 0 Å². The van der Waals surface area contributed by atoms with Crippen molar-refractivity contribution in [2.24, 2.45) is 0 Å². The van der Waals surface area contributed by atoms with Crippen LogP contribution in [0.4, 0.5) is 10.8 Å². The number of amides is 2. The number of hydrogen-bond donors (Lipinski definition) is 2. The van der Waals surface area contributed by atoms with Crippen LogP contribution in [0.25, 0.3) is 0 Å². The summed E-state index contributed by atoms with van der Waals surface area (Å²) in [5, 5.41) is 14.4. The molecule has 2 amide bonds. The summed E-state index contributed by atoms with van der Waals surface area (Å²) in [5.41, 5.74) is 1.62. The number of aromatic nitrogens is 2. The Morgan fingerprint density at radius 3 is 2.27 bits per heavy atom. The topological polar surface area (TPSA) is 93.2 Å². The fourth-order valence-electron chi connectivity index (χ4n) is 2.15. The lowest BCUT2D eigenvalue weighted by atomic mass is 10.1. The van der Waals surface area contributed by atoms with Gasteiger partial charge in [-0.3, -0.25) is 14.9 Å². The third kappa shape index (κ3) is 4.50. The second kappa shape index (κ2) is 8.32. The zero-order valence-corrected chi connectivity index (χ0v) is 14.7. The third-order valence-electron chi connectivity index (χ3n) is 3.40. The molecule has 0 spiro atoms. The van der Waals surface area contributed by atoms with Crippen LogP contribution in [0.2, 0.25) is 0 Å². The van der Waals surface area contributed by atoms with Gasteiger partial charge in [-0.1, -0.05) is 29.5 Å². The van der Waals surface area contributed by atoms with Gasteiger partial charge in [0, 0.05) is 23.9 Å². The second-order valence-corrected chi connectivity index (χ2v) is 6.35. The predicted molar refractivity (Wildman–Crippen MR) is 99.4 cm³/mol. The summed E-state index contributed by atoms with van der Waals surface area (Å²) in [6.45, 7) is 0.351. The van der Waals surface area contributed by atoms with Crippen LogP contribution >= 0.6 is 11.3 Å². The molecule has 7 nitrogen and oxygen atoms in total. The molecule has 3 aromatic rings. The van der Waals surface area contributed by atoms with E-state index in [-0.39, 0.29) is 11.8 Å². The van der Waals surface area contributed by atoms with Crippen molar-refractivity contribution < 1.29 is 14.3 Å². The van der Waals surface area contributed by atoms with Crippen molar-refractivity contribution in [3.8, 4) is 0 Å². The summed E-state index contributed by atoms with van der Waals surface area (Å²) in [6, 6.07) is 15.5. The van der Waals surface area contributed by atoms with Crippen molar-refractivity contribution in [1.82, 2.24) is 10.2 Å². The van der Waals surface area contributed by atoms with Crippen molar-refractivity contribution in [2.75, 3.05) is 17.7 Å². The molecule has 0 saturated heterocycles. The molecule has 2 aromatic carbocycles. The molecule has 0 aliphatic carbocycles. The largest absolute Gasteiger partial charge is 0.377 e. The first-order valence-corrected chi connectivity index (χ1v) is 8.56. The van der Waals surface area contributed by atoms with Crippen LogP contribution in [0.5, 0.6) is 0 Å². The average molecular weight is 368 g/mol. The summed E-state index contributed by atoms with van der Waals surface area (Å²) in [6.07, 6.45) is 0. The van der Waals surface area contributed by atoms with Crippen LogP contribution in [-0.4, -0.2) is 29.1 Å². The Balaban J connectivity index is 1.61. The molecule has 132 valence electrons. The zero-order chi connectivity index (χ0) is 18.4. The average Bonchev–Trinajstić information content (AvgIpc) is 3.10. The molecular formula is C18H16N4O3S. The fraction of sp³-hybridized carbons (Fsp3) is 0.111. The van der Waals surface area contributed by atoms with Gasteiger partial charge in [0.1, 0.15) is 11.6 Å². The number of carbonyl (C=O) groups excluding carboxylic acids is 2. The minimum Gasteiger partial charge on any atom is -0.377 e. The lowest BCUT2D eigenvalue weighted by molar-refractivity contribution is 0.102. The van der Waals surface area contributed by atoms with Crippen LogP contribution in [0.3, 0.4) is 0 Å². The molecule has 0 bridgehead atoms. The molecule has 2 N–H and O–H groups in total. The first-order chi connectivity index (χ1) is 12.7. The summed E-state index contributed by atoms with van der Waals surface area (Å²) < 4.78 is 4.97. The van der Waals surface area contributed by atoms with Crippen LogP contribution in [0.15, 0.2) is 54.6 Å². The molecule has 0 aliphatic rings. The molecular weight excluding hydrogens is 352 g/mol. The second-order valence-electron chi connectivity index (χ2n) is 5.29. The van der Waals surface area contributed by atoms with Crippen LogP contribution in [0.1, 0.15) is 25.7 Å². The minimum absolute atomic E-state index is 0.206. The first-order valence-electron chi connectivity index (χ1n) is 7.75. The molecule has 0 unspecified atom stereocenters. The van der Waals surface area contributed by atoms with E-state index in [9.17, 15) is 9.59 Å². The Morgan fingerprint density at radius 2 is 1.58 bits per heavy atom. The van der Waals surface area contributed by atoms with Gasteiger partial charge in [-0.2, -0.15) is 0 Å². The Morgan fingerprint density at radius 1 is 0.923 bits per heavy atom. The Bertz CT molecular complexity index is 894. The van der Waals surface area contributed by atoms with Crippen LogP contribution in [-0.2, 0) is 11.3 Å². The number of rotatable bonds is 6. The first kappa shape index (κ1) is 17.7. The number of hydrogen-bond acceptors (Lipinski definition) is 6. The van der Waals surface area contributed by atoms with E-state index in [1.807, 2.05) is 6.07 Å². The molecule has 0 fully saturated rings. The molecule has 8 heteroatoms. The van der Waals surface area contributed by atoms with Gasteiger partial charge in [-0.05, 0) is 36.4 Å². The van der Waals surface area contributed by atoms with E-state index in [4.69, 9.17) is 4.74 Å². The summed E-state index contributed by atoms with van der Waals surface area (Å²) in [4.78, 5) is 24.4. The molecule has 1 aromatic heterocycles. The van der Waals surface area contributed by atoms with Gasteiger partial charge >= 0.3 is 0 Å². The van der Waals surface area contributed by atoms with Gasteiger partial charge < -0.3 is 10.1 Å². The third-order valence-corrected chi connectivity index (χ3v) is 4.21. The van der Waals surface area contributed by atoms with Crippen molar-refractivity contribution in [3.05, 3.63) is 70.7 Å². The zero-order valence-electron chi connectivity index (χ0n) is 13.9. The molecule has 26 heavy (non-hydrogen) atoms.